The minimum absolute atomic E-state index is 0.0996. The van der Waals surface area contributed by atoms with E-state index in [0.717, 1.165) is 19.3 Å². The molecule has 0 aliphatic heterocycles. The number of rotatable bonds is 2. The molecule has 0 amide bonds. The van der Waals surface area contributed by atoms with Gasteiger partial charge in [0.25, 0.3) is 0 Å². The highest BCUT2D eigenvalue weighted by atomic mass is 32.3. The fourth-order valence-electron chi connectivity index (χ4n) is 3.42. The summed E-state index contributed by atoms with van der Waals surface area (Å²) >= 11 is 0. The van der Waals surface area contributed by atoms with Crippen molar-refractivity contribution in [2.24, 2.45) is 16.7 Å². The molecule has 0 radical (unpaired) electrons. The van der Waals surface area contributed by atoms with Gasteiger partial charge in [0, 0.05) is 5.41 Å². The Morgan fingerprint density at radius 3 is 2.27 bits per heavy atom. The van der Waals surface area contributed by atoms with E-state index in [1.165, 1.54) is 0 Å². The Labute approximate surface area is 91.0 Å². The van der Waals surface area contributed by atoms with Crippen LogP contribution in [0.1, 0.15) is 40.0 Å². The first-order chi connectivity index (χ1) is 6.67. The number of hydrogen-bond acceptors (Lipinski definition) is 3. The molecule has 88 valence electrons. The molecule has 4 nitrogen and oxygen atoms in total. The van der Waals surface area contributed by atoms with Gasteiger partial charge in [0.05, 0.1) is 6.10 Å². The Balaban J connectivity index is 2.27. The molecule has 0 aromatic heterocycles. The van der Waals surface area contributed by atoms with E-state index >= 15 is 0 Å². The largest absolute Gasteiger partial charge is 0.397 e. The van der Waals surface area contributed by atoms with Crippen molar-refractivity contribution >= 4 is 10.4 Å². The van der Waals surface area contributed by atoms with Crippen LogP contribution in [-0.4, -0.2) is 19.1 Å². The van der Waals surface area contributed by atoms with E-state index < -0.39 is 10.4 Å². The van der Waals surface area contributed by atoms with Crippen LogP contribution in [0.4, 0.5) is 0 Å². The van der Waals surface area contributed by atoms with Crippen LogP contribution < -0.4 is 0 Å². The first-order valence-electron chi connectivity index (χ1n) is 5.32. The summed E-state index contributed by atoms with van der Waals surface area (Å²) in [6, 6.07) is 0. The summed E-state index contributed by atoms with van der Waals surface area (Å²) in [7, 11) is -4.32. The van der Waals surface area contributed by atoms with Crippen molar-refractivity contribution in [3.63, 3.8) is 0 Å². The lowest BCUT2D eigenvalue weighted by atomic mass is 9.70. The molecule has 2 rings (SSSR count). The Morgan fingerprint density at radius 2 is 1.93 bits per heavy atom. The molecule has 1 N–H and O–H groups in total. The van der Waals surface area contributed by atoms with Crippen LogP contribution in [0.5, 0.6) is 0 Å². The third-order valence-corrected chi connectivity index (χ3v) is 5.43. The van der Waals surface area contributed by atoms with E-state index in [0.29, 0.717) is 5.92 Å². The van der Waals surface area contributed by atoms with Crippen LogP contribution in [0.15, 0.2) is 0 Å². The van der Waals surface area contributed by atoms with Crippen molar-refractivity contribution in [1.82, 2.24) is 0 Å². The van der Waals surface area contributed by atoms with E-state index in [2.05, 4.69) is 20.8 Å². The maximum atomic E-state index is 10.8. The second-order valence-electron chi connectivity index (χ2n) is 5.62. The lowest BCUT2D eigenvalue weighted by molar-refractivity contribution is 0.0271. The highest BCUT2D eigenvalue weighted by Crippen LogP contribution is 2.66. The van der Waals surface area contributed by atoms with Crippen molar-refractivity contribution in [3.05, 3.63) is 0 Å². The third kappa shape index (κ3) is 1.52. The van der Waals surface area contributed by atoms with Crippen molar-refractivity contribution in [3.8, 4) is 0 Å². The predicted molar refractivity (Wildman–Crippen MR) is 55.7 cm³/mol. The molecular weight excluding hydrogens is 216 g/mol. The van der Waals surface area contributed by atoms with E-state index in [9.17, 15) is 8.42 Å². The van der Waals surface area contributed by atoms with Gasteiger partial charge in [-0.15, -0.1) is 0 Å². The zero-order valence-electron chi connectivity index (χ0n) is 9.36. The SMILES string of the molecule is CC1(C)C2CCC1(C)C(OS(=O)(=O)O)C2. The van der Waals surface area contributed by atoms with Gasteiger partial charge in [0.2, 0.25) is 0 Å². The minimum atomic E-state index is -4.32. The average Bonchev–Trinajstić information content (AvgIpc) is 2.34. The van der Waals surface area contributed by atoms with Crippen LogP contribution >= 0.6 is 0 Å². The summed E-state index contributed by atoms with van der Waals surface area (Å²) in [5.41, 5.74) is -0.0319. The summed E-state index contributed by atoms with van der Waals surface area (Å²) in [6.07, 6.45) is 2.49. The fraction of sp³-hybridized carbons (Fsp3) is 1.00. The monoisotopic (exact) mass is 234 g/mol. The quantitative estimate of drug-likeness (QED) is 0.742. The zero-order chi connectivity index (χ0) is 11.5. The van der Waals surface area contributed by atoms with Crippen LogP contribution in [0.25, 0.3) is 0 Å². The Hall–Kier alpha value is -0.130. The first-order valence-corrected chi connectivity index (χ1v) is 6.69. The normalized spacial score (nSPS) is 43.5. The highest BCUT2D eigenvalue weighted by molar-refractivity contribution is 7.80. The summed E-state index contributed by atoms with van der Waals surface area (Å²) < 4.78 is 35.0. The van der Waals surface area contributed by atoms with Crippen molar-refractivity contribution in [2.75, 3.05) is 0 Å². The zero-order valence-corrected chi connectivity index (χ0v) is 10.2. The second kappa shape index (κ2) is 2.96. The molecule has 0 saturated heterocycles. The van der Waals surface area contributed by atoms with Gasteiger partial charge >= 0.3 is 10.4 Å². The molecule has 0 aromatic carbocycles. The standard InChI is InChI=1S/C10H18O4S/c1-9(2)7-4-5-10(9,3)8(6-7)14-15(11,12)13/h7-8H,4-6H2,1-3H3,(H,11,12,13). The summed E-state index contributed by atoms with van der Waals surface area (Å²) in [5, 5.41) is 0. The molecule has 2 fully saturated rings. The Kier molecular flexibility index (Phi) is 2.24. The van der Waals surface area contributed by atoms with Crippen molar-refractivity contribution in [1.29, 1.82) is 0 Å². The predicted octanol–water partition coefficient (Wildman–Crippen LogP) is 2.02. The van der Waals surface area contributed by atoms with Crippen LogP contribution in [0.2, 0.25) is 0 Å². The Bertz CT molecular complexity index is 373. The molecule has 2 bridgehead atoms. The van der Waals surface area contributed by atoms with Gasteiger partial charge in [-0.25, -0.2) is 4.18 Å². The molecule has 0 heterocycles. The molecule has 2 aliphatic carbocycles. The molecule has 0 spiro atoms. The van der Waals surface area contributed by atoms with Crippen molar-refractivity contribution < 1.29 is 17.2 Å². The average molecular weight is 234 g/mol. The van der Waals surface area contributed by atoms with Gasteiger partial charge < -0.3 is 0 Å². The lowest BCUT2D eigenvalue weighted by Crippen LogP contribution is -2.38. The first kappa shape index (κ1) is 11.4. The van der Waals surface area contributed by atoms with Gasteiger partial charge in [-0.05, 0) is 30.6 Å². The second-order valence-corrected chi connectivity index (χ2v) is 6.67. The molecule has 3 atom stereocenters. The van der Waals surface area contributed by atoms with Gasteiger partial charge in [0.1, 0.15) is 0 Å². The summed E-state index contributed by atoms with van der Waals surface area (Å²) in [4.78, 5) is 0. The molecular formula is C10H18O4S. The van der Waals surface area contributed by atoms with Gasteiger partial charge in [-0.2, -0.15) is 8.42 Å². The Morgan fingerprint density at radius 1 is 1.33 bits per heavy atom. The molecule has 0 aromatic rings. The topological polar surface area (TPSA) is 63.6 Å². The van der Waals surface area contributed by atoms with Crippen LogP contribution in [0, 0.1) is 16.7 Å². The summed E-state index contributed by atoms with van der Waals surface area (Å²) in [5.74, 6) is 0.509. The van der Waals surface area contributed by atoms with Crippen molar-refractivity contribution in [2.45, 2.75) is 46.1 Å². The van der Waals surface area contributed by atoms with E-state index in [1.807, 2.05) is 0 Å². The minimum Gasteiger partial charge on any atom is -0.264 e. The molecule has 2 saturated carbocycles. The third-order valence-electron chi connectivity index (χ3n) is 4.95. The van der Waals surface area contributed by atoms with Gasteiger partial charge in [0.15, 0.2) is 0 Å². The molecule has 3 unspecified atom stereocenters. The van der Waals surface area contributed by atoms with E-state index in [-0.39, 0.29) is 16.9 Å². The van der Waals surface area contributed by atoms with Crippen LogP contribution in [0.3, 0.4) is 0 Å². The molecule has 2 aliphatic rings. The lowest BCUT2D eigenvalue weighted by Gasteiger charge is -2.37. The maximum absolute atomic E-state index is 10.8. The van der Waals surface area contributed by atoms with E-state index in [1.54, 1.807) is 0 Å². The van der Waals surface area contributed by atoms with Gasteiger partial charge in [-0.3, -0.25) is 4.55 Å². The molecule has 15 heavy (non-hydrogen) atoms. The fourth-order valence-corrected chi connectivity index (χ4v) is 4.01. The van der Waals surface area contributed by atoms with Gasteiger partial charge in [-0.1, -0.05) is 20.8 Å². The molecule has 5 heteroatoms. The van der Waals surface area contributed by atoms with E-state index in [4.69, 9.17) is 8.74 Å². The number of hydrogen-bond donors (Lipinski definition) is 1. The highest BCUT2D eigenvalue weighted by Gasteiger charge is 2.62. The van der Waals surface area contributed by atoms with Crippen LogP contribution in [-0.2, 0) is 14.6 Å². The smallest absolute Gasteiger partial charge is 0.264 e. The number of fused-ring (bicyclic) bond motifs is 2. The summed E-state index contributed by atoms with van der Waals surface area (Å²) in [6.45, 7) is 6.39. The maximum Gasteiger partial charge on any atom is 0.397 e.